The van der Waals surface area contributed by atoms with Gasteiger partial charge in [-0.1, -0.05) is 0 Å². The predicted molar refractivity (Wildman–Crippen MR) is 65.3 cm³/mol. The van der Waals surface area contributed by atoms with Gasteiger partial charge in [0, 0.05) is 18.7 Å². The molecule has 1 unspecified atom stereocenters. The molecule has 0 fully saturated rings. The summed E-state index contributed by atoms with van der Waals surface area (Å²) in [4.78, 5) is 11.7. The molecule has 0 aliphatic carbocycles. The quantitative estimate of drug-likeness (QED) is 0.710. The Kier molecular flexibility index (Phi) is 4.78. The van der Waals surface area contributed by atoms with Crippen molar-refractivity contribution in [2.45, 2.75) is 19.4 Å². The van der Waals surface area contributed by atoms with Gasteiger partial charge in [-0.05, 0) is 25.5 Å². The van der Waals surface area contributed by atoms with Crippen LogP contribution in [-0.4, -0.2) is 30.7 Å². The second-order valence-electron chi connectivity index (χ2n) is 3.90. The molecule has 17 heavy (non-hydrogen) atoms. The van der Waals surface area contributed by atoms with Crippen molar-refractivity contribution < 1.29 is 14.6 Å². The van der Waals surface area contributed by atoms with Crippen molar-refractivity contribution >= 4 is 5.91 Å². The molecule has 0 aromatic heterocycles. The van der Waals surface area contributed by atoms with Gasteiger partial charge in [0.25, 0.3) is 5.91 Å². The van der Waals surface area contributed by atoms with Crippen LogP contribution in [0.4, 0.5) is 0 Å². The minimum absolute atomic E-state index is 0.0414. The lowest BCUT2D eigenvalue weighted by Gasteiger charge is -2.09. The van der Waals surface area contributed by atoms with Crippen LogP contribution in [-0.2, 0) is 0 Å². The summed E-state index contributed by atoms with van der Waals surface area (Å²) in [6, 6.07) is 4.59. The number of hydrogen-bond acceptors (Lipinski definition) is 4. The molecule has 0 aliphatic rings. The van der Waals surface area contributed by atoms with Crippen LogP contribution in [0, 0.1) is 0 Å². The number of benzene rings is 1. The van der Waals surface area contributed by atoms with E-state index in [0.717, 1.165) is 0 Å². The van der Waals surface area contributed by atoms with Crippen LogP contribution in [0.2, 0.25) is 0 Å². The lowest BCUT2D eigenvalue weighted by molar-refractivity contribution is 0.0950. The molecule has 5 heteroatoms. The number of nitrogens with one attached hydrogen (secondary N) is 1. The Morgan fingerprint density at radius 1 is 1.59 bits per heavy atom. The normalized spacial score (nSPS) is 11.9. The van der Waals surface area contributed by atoms with Crippen molar-refractivity contribution in [1.29, 1.82) is 0 Å². The van der Waals surface area contributed by atoms with Gasteiger partial charge in [-0.25, -0.2) is 0 Å². The van der Waals surface area contributed by atoms with Crippen molar-refractivity contribution in [3.8, 4) is 11.5 Å². The number of nitrogens with two attached hydrogens (primary N) is 1. The Labute approximate surface area is 101 Å². The van der Waals surface area contributed by atoms with Crippen LogP contribution in [0.25, 0.3) is 0 Å². The third-order valence-electron chi connectivity index (χ3n) is 2.33. The predicted octanol–water partition coefficient (Wildman–Crippen LogP) is 0.868. The summed E-state index contributed by atoms with van der Waals surface area (Å²) < 4.78 is 4.93. The van der Waals surface area contributed by atoms with E-state index in [9.17, 15) is 9.90 Å². The average Bonchev–Trinajstić information content (AvgIpc) is 2.28. The van der Waals surface area contributed by atoms with Gasteiger partial charge in [-0.2, -0.15) is 0 Å². The molecule has 0 radical (unpaired) electrons. The number of amides is 1. The zero-order chi connectivity index (χ0) is 12.8. The Balaban J connectivity index is 2.63. The van der Waals surface area contributed by atoms with E-state index in [1.807, 2.05) is 6.92 Å². The smallest absolute Gasteiger partial charge is 0.255 e. The van der Waals surface area contributed by atoms with E-state index < -0.39 is 0 Å². The molecule has 0 aliphatic heterocycles. The van der Waals surface area contributed by atoms with Gasteiger partial charge < -0.3 is 20.9 Å². The van der Waals surface area contributed by atoms with E-state index in [1.54, 1.807) is 6.07 Å². The second-order valence-corrected chi connectivity index (χ2v) is 3.90. The summed E-state index contributed by atoms with van der Waals surface area (Å²) in [6.07, 6.45) is 0.697. The summed E-state index contributed by atoms with van der Waals surface area (Å²) in [5.41, 5.74) is 5.80. The SMILES string of the molecule is COc1ccc(C(=O)NCCC(C)N)c(O)c1. The number of rotatable bonds is 5. The Bertz CT molecular complexity index is 391. The molecule has 0 bridgehead atoms. The van der Waals surface area contributed by atoms with E-state index in [2.05, 4.69) is 5.32 Å². The topological polar surface area (TPSA) is 84.6 Å². The molecule has 4 N–H and O–H groups in total. The molecular formula is C12H18N2O3. The van der Waals surface area contributed by atoms with Gasteiger partial charge >= 0.3 is 0 Å². The van der Waals surface area contributed by atoms with Gasteiger partial charge in [0.2, 0.25) is 0 Å². The molecule has 1 atom stereocenters. The lowest BCUT2D eigenvalue weighted by atomic mass is 10.1. The zero-order valence-corrected chi connectivity index (χ0v) is 10.1. The summed E-state index contributed by atoms with van der Waals surface area (Å²) in [5, 5.41) is 12.3. The number of carbonyl (C=O) groups excluding carboxylic acids is 1. The fraction of sp³-hybridized carbons (Fsp3) is 0.417. The largest absolute Gasteiger partial charge is 0.507 e. The van der Waals surface area contributed by atoms with Crippen molar-refractivity contribution in [3.63, 3.8) is 0 Å². The zero-order valence-electron chi connectivity index (χ0n) is 10.1. The van der Waals surface area contributed by atoms with E-state index in [1.165, 1.54) is 19.2 Å². The molecule has 0 saturated carbocycles. The van der Waals surface area contributed by atoms with Crippen molar-refractivity contribution in [1.82, 2.24) is 5.32 Å². The monoisotopic (exact) mass is 238 g/mol. The fourth-order valence-corrected chi connectivity index (χ4v) is 1.34. The van der Waals surface area contributed by atoms with E-state index in [0.29, 0.717) is 18.7 Å². The number of hydrogen-bond donors (Lipinski definition) is 3. The van der Waals surface area contributed by atoms with Crippen LogP contribution >= 0.6 is 0 Å². The van der Waals surface area contributed by atoms with Crippen LogP contribution in [0.15, 0.2) is 18.2 Å². The van der Waals surface area contributed by atoms with Gasteiger partial charge in [-0.3, -0.25) is 4.79 Å². The molecule has 0 heterocycles. The molecule has 0 spiro atoms. The minimum atomic E-state index is -0.314. The molecule has 5 nitrogen and oxygen atoms in total. The van der Waals surface area contributed by atoms with Gasteiger partial charge in [0.05, 0.1) is 12.7 Å². The number of phenolic OH excluding ortho intramolecular Hbond substituents is 1. The maximum absolute atomic E-state index is 11.7. The van der Waals surface area contributed by atoms with Crippen LogP contribution < -0.4 is 15.8 Å². The standard InChI is InChI=1S/C12H18N2O3/c1-8(13)5-6-14-12(16)10-4-3-9(17-2)7-11(10)15/h3-4,7-8,15H,5-6,13H2,1-2H3,(H,14,16). The number of carbonyl (C=O) groups is 1. The second kappa shape index (κ2) is 6.10. The van der Waals surface area contributed by atoms with Crippen molar-refractivity contribution in [2.75, 3.05) is 13.7 Å². The van der Waals surface area contributed by atoms with Crippen LogP contribution in [0.1, 0.15) is 23.7 Å². The number of aromatic hydroxyl groups is 1. The molecule has 1 aromatic rings. The first kappa shape index (κ1) is 13.3. The van der Waals surface area contributed by atoms with E-state index >= 15 is 0 Å². The van der Waals surface area contributed by atoms with Crippen molar-refractivity contribution in [3.05, 3.63) is 23.8 Å². The molecule has 1 rings (SSSR count). The average molecular weight is 238 g/mol. The van der Waals surface area contributed by atoms with Crippen LogP contribution in [0.5, 0.6) is 11.5 Å². The van der Waals surface area contributed by atoms with E-state index in [-0.39, 0.29) is 23.3 Å². The Hall–Kier alpha value is -1.75. The van der Waals surface area contributed by atoms with Gasteiger partial charge in [0.15, 0.2) is 0 Å². The third-order valence-corrected chi connectivity index (χ3v) is 2.33. The first-order valence-corrected chi connectivity index (χ1v) is 5.45. The van der Waals surface area contributed by atoms with E-state index in [4.69, 9.17) is 10.5 Å². The highest BCUT2D eigenvalue weighted by Gasteiger charge is 2.11. The summed E-state index contributed by atoms with van der Waals surface area (Å²) in [5.74, 6) is 0.100. The maximum Gasteiger partial charge on any atom is 0.255 e. The Morgan fingerprint density at radius 2 is 2.29 bits per heavy atom. The number of ether oxygens (including phenoxy) is 1. The first-order valence-electron chi connectivity index (χ1n) is 5.45. The molecular weight excluding hydrogens is 220 g/mol. The minimum Gasteiger partial charge on any atom is -0.507 e. The van der Waals surface area contributed by atoms with Crippen LogP contribution in [0.3, 0.4) is 0 Å². The van der Waals surface area contributed by atoms with Crippen molar-refractivity contribution in [2.24, 2.45) is 5.73 Å². The Morgan fingerprint density at radius 3 is 2.82 bits per heavy atom. The lowest BCUT2D eigenvalue weighted by Crippen LogP contribution is -2.28. The number of methoxy groups -OCH3 is 1. The fourth-order valence-electron chi connectivity index (χ4n) is 1.34. The first-order chi connectivity index (χ1) is 8.04. The molecule has 1 amide bonds. The molecule has 94 valence electrons. The third kappa shape index (κ3) is 3.96. The maximum atomic E-state index is 11.7. The van der Waals surface area contributed by atoms with Gasteiger partial charge in [-0.15, -0.1) is 0 Å². The highest BCUT2D eigenvalue weighted by Crippen LogP contribution is 2.23. The molecule has 1 aromatic carbocycles. The summed E-state index contributed by atoms with van der Waals surface area (Å²) >= 11 is 0. The summed E-state index contributed by atoms with van der Waals surface area (Å²) in [6.45, 7) is 2.36. The summed E-state index contributed by atoms with van der Waals surface area (Å²) in [7, 11) is 1.50. The van der Waals surface area contributed by atoms with Gasteiger partial charge in [0.1, 0.15) is 11.5 Å². The highest BCUT2D eigenvalue weighted by atomic mass is 16.5. The molecule has 0 saturated heterocycles. The number of phenols is 1. The highest BCUT2D eigenvalue weighted by molar-refractivity contribution is 5.96.